The Kier molecular flexibility index (Phi) is 2.73. The van der Waals surface area contributed by atoms with E-state index in [0.29, 0.717) is 5.56 Å². The SMILES string of the molecule is CCc1nccn1-c1c(C#N)cnc2ccccc12. The van der Waals surface area contributed by atoms with E-state index in [0.717, 1.165) is 28.8 Å². The monoisotopic (exact) mass is 248 g/mol. The van der Waals surface area contributed by atoms with Crippen molar-refractivity contribution in [3.8, 4) is 11.8 Å². The van der Waals surface area contributed by atoms with Gasteiger partial charge in [-0.05, 0) is 6.07 Å². The van der Waals surface area contributed by atoms with Crippen LogP contribution in [0.1, 0.15) is 18.3 Å². The molecule has 2 heterocycles. The van der Waals surface area contributed by atoms with E-state index in [-0.39, 0.29) is 0 Å². The molecule has 0 N–H and O–H groups in total. The van der Waals surface area contributed by atoms with Crippen molar-refractivity contribution in [1.29, 1.82) is 5.26 Å². The van der Waals surface area contributed by atoms with Crippen molar-refractivity contribution < 1.29 is 0 Å². The van der Waals surface area contributed by atoms with Gasteiger partial charge < -0.3 is 4.57 Å². The molecule has 0 fully saturated rings. The largest absolute Gasteiger partial charge is 0.302 e. The van der Waals surface area contributed by atoms with Crippen LogP contribution >= 0.6 is 0 Å². The third-order valence-corrected chi connectivity index (χ3v) is 3.14. The van der Waals surface area contributed by atoms with Gasteiger partial charge in [0.15, 0.2) is 0 Å². The molecule has 0 bridgehead atoms. The normalized spacial score (nSPS) is 10.5. The van der Waals surface area contributed by atoms with Gasteiger partial charge in [0, 0.05) is 30.4 Å². The predicted molar refractivity (Wildman–Crippen MR) is 73.0 cm³/mol. The van der Waals surface area contributed by atoms with Crippen LogP contribution in [0.3, 0.4) is 0 Å². The number of benzene rings is 1. The minimum atomic E-state index is 0.561. The number of nitrogens with zero attached hydrogens (tertiary/aromatic N) is 4. The van der Waals surface area contributed by atoms with E-state index in [1.54, 1.807) is 12.4 Å². The fraction of sp³-hybridized carbons (Fsp3) is 0.133. The molecule has 1 aromatic carbocycles. The van der Waals surface area contributed by atoms with E-state index in [1.165, 1.54) is 0 Å². The fourth-order valence-corrected chi connectivity index (χ4v) is 2.27. The predicted octanol–water partition coefficient (Wildman–Crippen LogP) is 2.85. The topological polar surface area (TPSA) is 54.5 Å². The average Bonchev–Trinajstić information content (AvgIpc) is 2.94. The number of imidazole rings is 1. The number of para-hydroxylation sites is 1. The first-order valence-electron chi connectivity index (χ1n) is 6.15. The first-order valence-corrected chi connectivity index (χ1v) is 6.15. The molecular formula is C15H12N4. The van der Waals surface area contributed by atoms with E-state index < -0.39 is 0 Å². The van der Waals surface area contributed by atoms with Gasteiger partial charge in [0.25, 0.3) is 0 Å². The average molecular weight is 248 g/mol. The summed E-state index contributed by atoms with van der Waals surface area (Å²) in [6.45, 7) is 2.05. The molecular weight excluding hydrogens is 236 g/mol. The van der Waals surface area contributed by atoms with Crippen molar-refractivity contribution in [2.75, 3.05) is 0 Å². The zero-order valence-electron chi connectivity index (χ0n) is 10.5. The molecule has 92 valence electrons. The quantitative estimate of drug-likeness (QED) is 0.700. The summed E-state index contributed by atoms with van der Waals surface area (Å²) >= 11 is 0. The van der Waals surface area contributed by atoms with Crippen molar-refractivity contribution in [3.63, 3.8) is 0 Å². The Labute approximate surface area is 111 Å². The summed E-state index contributed by atoms with van der Waals surface area (Å²) in [6.07, 6.45) is 6.09. The lowest BCUT2D eigenvalue weighted by Crippen LogP contribution is -2.03. The minimum absolute atomic E-state index is 0.561. The highest BCUT2D eigenvalue weighted by atomic mass is 15.1. The molecule has 0 spiro atoms. The highest BCUT2D eigenvalue weighted by molar-refractivity contribution is 5.89. The van der Waals surface area contributed by atoms with Crippen LogP contribution < -0.4 is 0 Å². The van der Waals surface area contributed by atoms with Gasteiger partial charge in [-0.15, -0.1) is 0 Å². The van der Waals surface area contributed by atoms with Crippen LogP contribution in [0.25, 0.3) is 16.6 Å². The first kappa shape index (κ1) is 11.4. The number of aromatic nitrogens is 3. The number of pyridine rings is 1. The Bertz CT molecular complexity index is 780. The van der Waals surface area contributed by atoms with Crippen molar-refractivity contribution in [2.45, 2.75) is 13.3 Å². The molecule has 3 rings (SSSR count). The lowest BCUT2D eigenvalue weighted by molar-refractivity contribution is 0.893. The Morgan fingerprint density at radius 3 is 2.89 bits per heavy atom. The van der Waals surface area contributed by atoms with Crippen molar-refractivity contribution >= 4 is 10.9 Å². The number of hydrogen-bond acceptors (Lipinski definition) is 3. The van der Waals surface area contributed by atoms with Gasteiger partial charge in [0.1, 0.15) is 11.9 Å². The summed E-state index contributed by atoms with van der Waals surface area (Å²) in [4.78, 5) is 8.65. The Hall–Kier alpha value is -2.67. The van der Waals surface area contributed by atoms with Gasteiger partial charge in [0.2, 0.25) is 0 Å². The third kappa shape index (κ3) is 1.76. The van der Waals surface area contributed by atoms with Gasteiger partial charge >= 0.3 is 0 Å². The number of hydrogen-bond donors (Lipinski definition) is 0. The van der Waals surface area contributed by atoms with E-state index >= 15 is 0 Å². The van der Waals surface area contributed by atoms with Gasteiger partial charge in [-0.25, -0.2) is 4.98 Å². The van der Waals surface area contributed by atoms with E-state index in [9.17, 15) is 5.26 Å². The summed E-state index contributed by atoms with van der Waals surface area (Å²) in [5, 5.41) is 10.3. The summed E-state index contributed by atoms with van der Waals surface area (Å²) in [5.74, 6) is 0.938. The molecule has 0 radical (unpaired) electrons. The molecule has 2 aromatic heterocycles. The van der Waals surface area contributed by atoms with E-state index in [1.807, 2.05) is 42.0 Å². The lowest BCUT2D eigenvalue weighted by atomic mass is 10.1. The Morgan fingerprint density at radius 2 is 2.11 bits per heavy atom. The van der Waals surface area contributed by atoms with Gasteiger partial charge in [-0.2, -0.15) is 5.26 Å². The zero-order valence-corrected chi connectivity index (χ0v) is 10.5. The van der Waals surface area contributed by atoms with Crippen LogP contribution in [0.5, 0.6) is 0 Å². The summed E-state index contributed by atoms with van der Waals surface area (Å²) < 4.78 is 1.97. The third-order valence-electron chi connectivity index (χ3n) is 3.14. The van der Waals surface area contributed by atoms with Crippen LogP contribution in [0.2, 0.25) is 0 Å². The fourth-order valence-electron chi connectivity index (χ4n) is 2.27. The van der Waals surface area contributed by atoms with Crippen LogP contribution in [-0.2, 0) is 6.42 Å². The van der Waals surface area contributed by atoms with E-state index in [2.05, 4.69) is 16.0 Å². The second-order valence-corrected chi connectivity index (χ2v) is 4.22. The van der Waals surface area contributed by atoms with E-state index in [4.69, 9.17) is 0 Å². The molecule has 0 aliphatic rings. The number of nitriles is 1. The number of rotatable bonds is 2. The number of aryl methyl sites for hydroxylation is 1. The molecule has 0 saturated carbocycles. The van der Waals surface area contributed by atoms with Crippen molar-refractivity contribution in [1.82, 2.24) is 14.5 Å². The maximum absolute atomic E-state index is 9.32. The summed E-state index contributed by atoms with van der Waals surface area (Å²) in [5.41, 5.74) is 2.31. The highest BCUT2D eigenvalue weighted by Gasteiger charge is 2.12. The molecule has 0 amide bonds. The van der Waals surface area contributed by atoms with Gasteiger partial charge in [-0.3, -0.25) is 4.98 Å². The van der Waals surface area contributed by atoms with Crippen LogP contribution in [0, 0.1) is 11.3 Å². The van der Waals surface area contributed by atoms with Crippen molar-refractivity contribution in [2.24, 2.45) is 0 Å². The second-order valence-electron chi connectivity index (χ2n) is 4.22. The van der Waals surface area contributed by atoms with Crippen LogP contribution in [-0.4, -0.2) is 14.5 Å². The Balaban J connectivity index is 2.41. The molecule has 0 saturated heterocycles. The van der Waals surface area contributed by atoms with Gasteiger partial charge in [-0.1, -0.05) is 25.1 Å². The Morgan fingerprint density at radius 1 is 1.26 bits per heavy atom. The van der Waals surface area contributed by atoms with Crippen LogP contribution in [0.4, 0.5) is 0 Å². The second kappa shape index (κ2) is 4.54. The first-order chi connectivity index (χ1) is 9.35. The van der Waals surface area contributed by atoms with Crippen LogP contribution in [0.15, 0.2) is 42.9 Å². The molecule has 0 atom stereocenters. The molecule has 0 unspecified atom stereocenters. The maximum atomic E-state index is 9.32. The number of fused-ring (bicyclic) bond motifs is 1. The maximum Gasteiger partial charge on any atom is 0.112 e. The standard InChI is InChI=1S/C15H12N4/c1-2-14-17-7-8-19(14)15-11(9-16)10-18-13-6-4-3-5-12(13)15/h3-8,10H,2H2,1H3. The molecule has 3 aromatic rings. The minimum Gasteiger partial charge on any atom is -0.302 e. The lowest BCUT2D eigenvalue weighted by Gasteiger charge is -2.11. The molecule has 0 aliphatic heterocycles. The summed E-state index contributed by atoms with van der Waals surface area (Å²) in [7, 11) is 0. The zero-order chi connectivity index (χ0) is 13.2. The summed E-state index contributed by atoms with van der Waals surface area (Å²) in [6, 6.07) is 10.0. The molecule has 0 aliphatic carbocycles. The van der Waals surface area contributed by atoms with Crippen molar-refractivity contribution in [3.05, 3.63) is 54.2 Å². The molecule has 19 heavy (non-hydrogen) atoms. The van der Waals surface area contributed by atoms with Gasteiger partial charge in [0.05, 0.1) is 16.8 Å². The molecule has 4 heteroatoms. The highest BCUT2D eigenvalue weighted by Crippen LogP contribution is 2.25. The molecule has 4 nitrogen and oxygen atoms in total. The smallest absolute Gasteiger partial charge is 0.112 e.